The number of fused-ring (bicyclic) bond motifs is 1. The highest BCUT2D eigenvalue weighted by molar-refractivity contribution is 5.55. The van der Waals surface area contributed by atoms with Gasteiger partial charge in [-0.25, -0.2) is 0 Å². The van der Waals surface area contributed by atoms with Gasteiger partial charge in [0.15, 0.2) is 5.82 Å². The average molecular weight is 347 g/mol. The molecule has 0 bridgehead atoms. The molecule has 0 saturated heterocycles. The van der Waals surface area contributed by atoms with Crippen molar-refractivity contribution in [2.75, 3.05) is 0 Å². The molecule has 0 radical (unpaired) electrons. The number of H-pyrrole nitrogens is 1. The molecule has 0 aliphatic carbocycles. The summed E-state index contributed by atoms with van der Waals surface area (Å²) in [6, 6.07) is 13.0. The topological polar surface area (TPSA) is 85.2 Å². The molecular formula is C19H17N5O2. The molecule has 0 spiro atoms. The van der Waals surface area contributed by atoms with Crippen LogP contribution in [0.5, 0.6) is 5.75 Å². The predicted molar refractivity (Wildman–Crippen MR) is 97.0 cm³/mol. The van der Waals surface area contributed by atoms with Crippen LogP contribution >= 0.6 is 0 Å². The lowest BCUT2D eigenvalue weighted by Gasteiger charge is -2.07. The molecule has 1 N–H and O–H groups in total. The summed E-state index contributed by atoms with van der Waals surface area (Å²) in [6.45, 7) is 2.35. The van der Waals surface area contributed by atoms with Gasteiger partial charge in [0.1, 0.15) is 12.4 Å². The first-order valence-electron chi connectivity index (χ1n) is 8.34. The maximum Gasteiger partial charge on any atom is 0.276 e. The first kappa shape index (κ1) is 16.0. The molecule has 3 aromatic heterocycles. The maximum absolute atomic E-state index is 12.3. The summed E-state index contributed by atoms with van der Waals surface area (Å²) < 4.78 is 6.99. The van der Waals surface area contributed by atoms with Gasteiger partial charge >= 0.3 is 0 Å². The highest BCUT2D eigenvalue weighted by Crippen LogP contribution is 2.15. The number of benzene rings is 1. The molecule has 26 heavy (non-hydrogen) atoms. The lowest BCUT2D eigenvalue weighted by molar-refractivity contribution is 0.301. The summed E-state index contributed by atoms with van der Waals surface area (Å²) in [7, 11) is 0. The fourth-order valence-electron chi connectivity index (χ4n) is 2.61. The van der Waals surface area contributed by atoms with Crippen molar-refractivity contribution < 1.29 is 4.74 Å². The number of aromatic amines is 1. The molecule has 4 aromatic rings. The van der Waals surface area contributed by atoms with Crippen LogP contribution in [0.4, 0.5) is 0 Å². The highest BCUT2D eigenvalue weighted by atomic mass is 16.5. The molecule has 130 valence electrons. The second kappa shape index (κ2) is 6.79. The summed E-state index contributed by atoms with van der Waals surface area (Å²) in [5, 5.41) is 4.24. The Morgan fingerprint density at radius 3 is 2.77 bits per heavy atom. The third-order valence-electron chi connectivity index (χ3n) is 4.03. The predicted octanol–water partition coefficient (Wildman–Crippen LogP) is 2.62. The van der Waals surface area contributed by atoms with Crippen molar-refractivity contribution >= 4 is 5.78 Å². The van der Waals surface area contributed by atoms with Crippen LogP contribution in [0.25, 0.3) is 17.2 Å². The van der Waals surface area contributed by atoms with E-state index in [4.69, 9.17) is 4.74 Å². The monoisotopic (exact) mass is 347 g/mol. The van der Waals surface area contributed by atoms with Gasteiger partial charge in [-0.3, -0.25) is 9.78 Å². The fraction of sp³-hybridized carbons (Fsp3) is 0.158. The van der Waals surface area contributed by atoms with Crippen molar-refractivity contribution in [2.45, 2.75) is 20.0 Å². The van der Waals surface area contributed by atoms with Gasteiger partial charge in [0.05, 0.1) is 5.69 Å². The van der Waals surface area contributed by atoms with Crippen molar-refractivity contribution in [3.8, 4) is 17.1 Å². The second-order valence-corrected chi connectivity index (χ2v) is 5.83. The second-order valence-electron chi connectivity index (χ2n) is 5.83. The molecule has 1 aromatic carbocycles. The molecule has 0 unspecified atom stereocenters. The van der Waals surface area contributed by atoms with Gasteiger partial charge < -0.3 is 9.72 Å². The summed E-state index contributed by atoms with van der Waals surface area (Å²) in [6.07, 6.45) is 4.31. The van der Waals surface area contributed by atoms with Crippen LogP contribution in [-0.2, 0) is 13.0 Å². The van der Waals surface area contributed by atoms with Gasteiger partial charge in [-0.15, -0.1) is 5.10 Å². The van der Waals surface area contributed by atoms with Crippen LogP contribution in [0.3, 0.4) is 0 Å². The first-order valence-corrected chi connectivity index (χ1v) is 8.34. The number of hydrogen-bond acceptors (Lipinski definition) is 5. The van der Waals surface area contributed by atoms with Gasteiger partial charge in [0.2, 0.25) is 5.78 Å². The number of nitrogens with zero attached hydrogens (tertiary/aromatic N) is 4. The summed E-state index contributed by atoms with van der Waals surface area (Å²) in [4.78, 5) is 23.8. The molecular weight excluding hydrogens is 330 g/mol. The van der Waals surface area contributed by atoms with Crippen molar-refractivity contribution in [3.05, 3.63) is 76.5 Å². The van der Waals surface area contributed by atoms with Gasteiger partial charge in [0, 0.05) is 24.0 Å². The molecule has 0 aliphatic heterocycles. The van der Waals surface area contributed by atoms with E-state index in [2.05, 4.69) is 27.0 Å². The van der Waals surface area contributed by atoms with Crippen LogP contribution in [0.2, 0.25) is 0 Å². The van der Waals surface area contributed by atoms with Gasteiger partial charge in [-0.1, -0.05) is 19.1 Å². The SMILES string of the molecule is CCc1ccc(OCc2cc(=O)n3nc(-c4cccnc4)nc3[nH]2)cc1. The molecule has 7 heteroatoms. The van der Waals surface area contributed by atoms with Crippen LogP contribution in [0, 0.1) is 0 Å². The van der Waals surface area contributed by atoms with E-state index in [0.717, 1.165) is 17.7 Å². The zero-order valence-corrected chi connectivity index (χ0v) is 14.2. The minimum absolute atomic E-state index is 0.242. The Bertz CT molecular complexity index is 1080. The largest absolute Gasteiger partial charge is 0.487 e. The number of aromatic nitrogens is 5. The fourth-order valence-corrected chi connectivity index (χ4v) is 2.61. The number of hydrogen-bond donors (Lipinski definition) is 1. The van der Waals surface area contributed by atoms with Crippen molar-refractivity contribution in [1.82, 2.24) is 24.6 Å². The number of nitrogens with one attached hydrogen (secondary N) is 1. The van der Waals surface area contributed by atoms with E-state index in [1.54, 1.807) is 18.5 Å². The maximum atomic E-state index is 12.3. The van der Waals surface area contributed by atoms with Gasteiger partial charge in [-0.2, -0.15) is 9.50 Å². The van der Waals surface area contributed by atoms with E-state index >= 15 is 0 Å². The Kier molecular flexibility index (Phi) is 4.18. The molecule has 0 atom stereocenters. The van der Waals surface area contributed by atoms with Crippen LogP contribution in [-0.4, -0.2) is 24.6 Å². The van der Waals surface area contributed by atoms with Crippen molar-refractivity contribution in [3.63, 3.8) is 0 Å². The van der Waals surface area contributed by atoms with Crippen molar-refractivity contribution in [1.29, 1.82) is 0 Å². The average Bonchev–Trinajstić information content (AvgIpc) is 3.12. The molecule has 0 saturated carbocycles. The van der Waals surface area contributed by atoms with Crippen molar-refractivity contribution in [2.24, 2.45) is 0 Å². The smallest absolute Gasteiger partial charge is 0.276 e. The van der Waals surface area contributed by atoms with Crippen LogP contribution in [0.1, 0.15) is 18.2 Å². The molecule has 0 aliphatic rings. The van der Waals surface area contributed by atoms with Crippen LogP contribution in [0.15, 0.2) is 59.7 Å². The van der Waals surface area contributed by atoms with Crippen LogP contribution < -0.4 is 10.3 Å². The number of pyridine rings is 1. The van der Waals surface area contributed by atoms with E-state index in [1.807, 2.05) is 30.3 Å². The number of aryl methyl sites for hydroxylation is 1. The Morgan fingerprint density at radius 1 is 1.19 bits per heavy atom. The summed E-state index contributed by atoms with van der Waals surface area (Å²) >= 11 is 0. The minimum atomic E-state index is -0.263. The zero-order valence-electron chi connectivity index (χ0n) is 14.2. The third-order valence-corrected chi connectivity index (χ3v) is 4.03. The Labute approximate surface area is 149 Å². The molecule has 4 rings (SSSR count). The standard InChI is InChI=1S/C19H17N5O2/c1-2-13-5-7-16(8-6-13)26-12-15-10-17(25)24-19(21-15)22-18(23-24)14-4-3-9-20-11-14/h3-11H,2,12H2,1H3,(H,21,22,23). The first-order chi connectivity index (χ1) is 12.7. The zero-order chi connectivity index (χ0) is 17.9. The summed E-state index contributed by atoms with van der Waals surface area (Å²) in [5.41, 5.74) is 2.37. The Morgan fingerprint density at radius 2 is 2.04 bits per heavy atom. The lowest BCUT2D eigenvalue weighted by Crippen LogP contribution is -2.16. The third kappa shape index (κ3) is 3.19. The Balaban J connectivity index is 1.59. The molecule has 3 heterocycles. The lowest BCUT2D eigenvalue weighted by atomic mass is 10.2. The normalized spacial score (nSPS) is 11.0. The van der Waals surface area contributed by atoms with E-state index < -0.39 is 0 Å². The van der Waals surface area contributed by atoms with Gasteiger partial charge in [0.25, 0.3) is 5.56 Å². The molecule has 0 fully saturated rings. The molecule has 7 nitrogen and oxygen atoms in total. The highest BCUT2D eigenvalue weighted by Gasteiger charge is 2.10. The van der Waals surface area contributed by atoms with E-state index in [-0.39, 0.29) is 12.2 Å². The minimum Gasteiger partial charge on any atom is -0.487 e. The quantitative estimate of drug-likeness (QED) is 0.600. The van der Waals surface area contributed by atoms with E-state index in [9.17, 15) is 4.79 Å². The number of rotatable bonds is 5. The van der Waals surface area contributed by atoms with E-state index in [1.165, 1.54) is 16.1 Å². The Hall–Kier alpha value is -3.48. The van der Waals surface area contributed by atoms with E-state index in [0.29, 0.717) is 17.3 Å². The van der Waals surface area contributed by atoms with Gasteiger partial charge in [-0.05, 0) is 36.2 Å². The molecule has 0 amide bonds. The number of ether oxygens (including phenoxy) is 1. The summed E-state index contributed by atoms with van der Waals surface area (Å²) in [5.74, 6) is 1.57.